The van der Waals surface area contributed by atoms with E-state index in [2.05, 4.69) is 5.32 Å². The molecule has 0 bridgehead atoms. The van der Waals surface area contributed by atoms with E-state index in [1.807, 2.05) is 57.2 Å². The molecule has 35 heavy (non-hydrogen) atoms. The van der Waals surface area contributed by atoms with Gasteiger partial charge in [0.1, 0.15) is 11.4 Å². The van der Waals surface area contributed by atoms with Gasteiger partial charge < -0.3 is 24.2 Å². The minimum Gasteiger partial charge on any atom is -0.504 e. The Hall–Kier alpha value is -3.26. The number of ether oxygens (including phenoxy) is 3. The number of carbonyl (C=O) groups is 1. The number of benzene rings is 2. The van der Waals surface area contributed by atoms with Crippen LogP contribution in [0.15, 0.2) is 47.5 Å². The van der Waals surface area contributed by atoms with Gasteiger partial charge in [0.2, 0.25) is 0 Å². The second kappa shape index (κ2) is 11.0. The average Bonchev–Trinajstić information content (AvgIpc) is 2.86. The second-order valence-electron chi connectivity index (χ2n) is 8.76. The van der Waals surface area contributed by atoms with E-state index in [0.29, 0.717) is 57.9 Å². The number of likely N-dealkylation sites (tertiary alicyclic amines) is 1. The van der Waals surface area contributed by atoms with Crippen molar-refractivity contribution in [2.24, 2.45) is 4.99 Å². The molecule has 1 fully saturated rings. The smallest absolute Gasteiger partial charge is 0.409 e. The van der Waals surface area contributed by atoms with E-state index in [1.165, 1.54) is 0 Å². The van der Waals surface area contributed by atoms with E-state index in [9.17, 15) is 9.90 Å². The fourth-order valence-corrected chi connectivity index (χ4v) is 4.81. The third-order valence-electron chi connectivity index (χ3n) is 6.51. The number of aromatic hydroxyl groups is 1. The summed E-state index contributed by atoms with van der Waals surface area (Å²) in [5, 5.41) is 14.7. The van der Waals surface area contributed by atoms with Crippen molar-refractivity contribution in [1.29, 1.82) is 0 Å². The van der Waals surface area contributed by atoms with Gasteiger partial charge in [-0.25, -0.2) is 4.79 Å². The quantitative estimate of drug-likeness (QED) is 0.598. The Labute approximate surface area is 206 Å². The Morgan fingerprint density at radius 1 is 1.06 bits per heavy atom. The number of nitrogens with one attached hydrogen (secondary N) is 1. The molecule has 0 aliphatic carbocycles. The number of piperidine rings is 1. The van der Waals surface area contributed by atoms with Gasteiger partial charge >= 0.3 is 6.09 Å². The van der Waals surface area contributed by atoms with Crippen LogP contribution in [0.4, 0.5) is 4.79 Å². The Balaban J connectivity index is 1.66. The predicted octanol–water partition coefficient (Wildman–Crippen LogP) is 4.66. The number of hydrogen-bond acceptors (Lipinski definition) is 7. The normalized spacial score (nSPS) is 19.2. The molecule has 0 radical (unpaired) electrons. The standard InChI is InChI=1S/C27H35N3O5/c1-4-33-20-12-10-19(11-13-20)22-18-23(21-8-7-9-24(25(21)31)34-5-2)29-27(28-22)14-16-30(17-15-27)26(32)35-6-3/h7-13,23,29,31H,4-6,14-18H2,1-3H3/t23-/m1/s1. The first-order valence-electron chi connectivity index (χ1n) is 12.4. The van der Waals surface area contributed by atoms with Crippen LogP contribution >= 0.6 is 0 Å². The molecule has 0 saturated carbocycles. The molecule has 4 rings (SSSR count). The van der Waals surface area contributed by atoms with Gasteiger partial charge in [0.25, 0.3) is 0 Å². The van der Waals surface area contributed by atoms with Crippen molar-refractivity contribution >= 4 is 11.8 Å². The van der Waals surface area contributed by atoms with Crippen molar-refractivity contribution in [3.63, 3.8) is 0 Å². The summed E-state index contributed by atoms with van der Waals surface area (Å²) in [6.45, 7) is 8.21. The molecule has 1 amide bonds. The van der Waals surface area contributed by atoms with Crippen LogP contribution in [0.5, 0.6) is 17.2 Å². The van der Waals surface area contributed by atoms with Gasteiger partial charge in [0.15, 0.2) is 11.5 Å². The molecule has 1 atom stereocenters. The summed E-state index contributed by atoms with van der Waals surface area (Å²) in [5.41, 5.74) is 2.21. The third kappa shape index (κ3) is 5.53. The largest absolute Gasteiger partial charge is 0.504 e. The molecular weight excluding hydrogens is 446 g/mol. The lowest BCUT2D eigenvalue weighted by Crippen LogP contribution is -2.56. The Bertz CT molecular complexity index is 1050. The van der Waals surface area contributed by atoms with Crippen LogP contribution in [0.1, 0.15) is 57.2 Å². The summed E-state index contributed by atoms with van der Waals surface area (Å²) < 4.78 is 16.4. The maximum absolute atomic E-state index is 12.3. The minimum atomic E-state index is -0.548. The fourth-order valence-electron chi connectivity index (χ4n) is 4.81. The molecule has 2 N–H and O–H groups in total. The molecule has 2 aliphatic rings. The van der Waals surface area contributed by atoms with E-state index in [4.69, 9.17) is 19.2 Å². The van der Waals surface area contributed by atoms with Crippen molar-refractivity contribution < 1.29 is 24.1 Å². The number of carbonyl (C=O) groups excluding carboxylic acids is 1. The topological polar surface area (TPSA) is 92.6 Å². The maximum Gasteiger partial charge on any atom is 0.409 e. The van der Waals surface area contributed by atoms with Crippen LogP contribution in [-0.2, 0) is 4.74 Å². The predicted molar refractivity (Wildman–Crippen MR) is 134 cm³/mol. The second-order valence-corrected chi connectivity index (χ2v) is 8.76. The lowest BCUT2D eigenvalue weighted by atomic mass is 9.87. The van der Waals surface area contributed by atoms with Crippen molar-refractivity contribution in [2.45, 2.75) is 51.7 Å². The Morgan fingerprint density at radius 3 is 2.43 bits per heavy atom. The summed E-state index contributed by atoms with van der Waals surface area (Å²) in [5.74, 6) is 1.45. The molecule has 2 aromatic rings. The van der Waals surface area contributed by atoms with Crippen LogP contribution < -0.4 is 14.8 Å². The minimum absolute atomic E-state index is 0.152. The molecule has 8 nitrogen and oxygen atoms in total. The van der Waals surface area contributed by atoms with E-state index < -0.39 is 5.66 Å². The van der Waals surface area contributed by atoms with Crippen LogP contribution in [0.25, 0.3) is 0 Å². The van der Waals surface area contributed by atoms with Gasteiger partial charge in [0, 0.05) is 49.7 Å². The molecule has 8 heteroatoms. The fraction of sp³-hybridized carbons (Fsp3) is 0.481. The van der Waals surface area contributed by atoms with Crippen LogP contribution in [-0.4, -0.2) is 60.4 Å². The van der Waals surface area contributed by atoms with Crippen LogP contribution in [0, 0.1) is 0 Å². The number of phenolic OH excluding ortho intramolecular Hbond substituents is 1. The highest BCUT2D eigenvalue weighted by Gasteiger charge is 2.41. The first-order valence-corrected chi connectivity index (χ1v) is 12.4. The van der Waals surface area contributed by atoms with Gasteiger partial charge in [0.05, 0.1) is 19.8 Å². The van der Waals surface area contributed by atoms with Crippen molar-refractivity contribution in [3.05, 3.63) is 53.6 Å². The molecule has 2 aromatic carbocycles. The van der Waals surface area contributed by atoms with Gasteiger partial charge in [-0.05, 0) is 56.7 Å². The highest BCUT2D eigenvalue weighted by molar-refractivity contribution is 6.02. The lowest BCUT2D eigenvalue weighted by molar-refractivity contribution is 0.0778. The van der Waals surface area contributed by atoms with Gasteiger partial charge in [-0.1, -0.05) is 12.1 Å². The van der Waals surface area contributed by atoms with E-state index in [-0.39, 0.29) is 17.9 Å². The van der Waals surface area contributed by atoms with Crippen molar-refractivity contribution in [1.82, 2.24) is 10.2 Å². The van der Waals surface area contributed by atoms with Gasteiger partial charge in [-0.2, -0.15) is 0 Å². The number of amides is 1. The number of aliphatic imine (C=N–C) groups is 1. The van der Waals surface area contributed by atoms with E-state index in [1.54, 1.807) is 11.0 Å². The first-order chi connectivity index (χ1) is 17.0. The summed E-state index contributed by atoms with van der Waals surface area (Å²) in [6.07, 6.45) is 1.62. The molecule has 1 spiro atoms. The lowest BCUT2D eigenvalue weighted by Gasteiger charge is -2.45. The molecule has 2 aliphatic heterocycles. The monoisotopic (exact) mass is 481 g/mol. The molecule has 2 heterocycles. The highest BCUT2D eigenvalue weighted by Crippen LogP contribution is 2.40. The molecule has 0 aromatic heterocycles. The molecule has 0 unspecified atom stereocenters. The molecular formula is C27H35N3O5. The number of para-hydroxylation sites is 1. The number of nitrogens with zero attached hydrogens (tertiary/aromatic N) is 2. The Kier molecular flexibility index (Phi) is 7.80. The number of phenols is 1. The SMILES string of the molecule is CCOC(=O)N1CCC2(CC1)N=C(c1ccc(OCC)cc1)C[C@H](c1cccc(OCC)c1O)N2. The number of hydrogen-bond donors (Lipinski definition) is 2. The van der Waals surface area contributed by atoms with Crippen molar-refractivity contribution in [2.75, 3.05) is 32.9 Å². The zero-order chi connectivity index (χ0) is 24.8. The van der Waals surface area contributed by atoms with Gasteiger partial charge in [-0.15, -0.1) is 0 Å². The van der Waals surface area contributed by atoms with Gasteiger partial charge in [-0.3, -0.25) is 10.3 Å². The summed E-state index contributed by atoms with van der Waals surface area (Å²) in [6, 6.07) is 13.4. The maximum atomic E-state index is 12.3. The molecule has 188 valence electrons. The zero-order valence-corrected chi connectivity index (χ0v) is 20.8. The van der Waals surface area contributed by atoms with Crippen LogP contribution in [0.2, 0.25) is 0 Å². The van der Waals surface area contributed by atoms with E-state index >= 15 is 0 Å². The van der Waals surface area contributed by atoms with E-state index in [0.717, 1.165) is 22.6 Å². The molecule has 1 saturated heterocycles. The summed E-state index contributed by atoms with van der Waals surface area (Å²) >= 11 is 0. The highest BCUT2D eigenvalue weighted by atomic mass is 16.6. The first kappa shape index (κ1) is 24.9. The Morgan fingerprint density at radius 2 is 1.77 bits per heavy atom. The van der Waals surface area contributed by atoms with Crippen LogP contribution in [0.3, 0.4) is 0 Å². The zero-order valence-electron chi connectivity index (χ0n) is 20.8. The number of rotatable bonds is 7. The summed E-state index contributed by atoms with van der Waals surface area (Å²) in [4.78, 5) is 19.2. The third-order valence-corrected chi connectivity index (χ3v) is 6.51. The van der Waals surface area contributed by atoms with Crippen molar-refractivity contribution in [3.8, 4) is 17.2 Å². The summed E-state index contributed by atoms with van der Waals surface area (Å²) in [7, 11) is 0. The average molecular weight is 482 g/mol.